The summed E-state index contributed by atoms with van der Waals surface area (Å²) >= 11 is 0. The van der Waals surface area contributed by atoms with E-state index in [0.717, 1.165) is 22.6 Å². The number of hydrogen-bond acceptors (Lipinski definition) is 19. The van der Waals surface area contributed by atoms with Gasteiger partial charge in [0.2, 0.25) is 17.7 Å². The zero-order valence-corrected chi connectivity index (χ0v) is 40.0. The van der Waals surface area contributed by atoms with Crippen LogP contribution in [0.15, 0.2) is 30.4 Å². The van der Waals surface area contributed by atoms with Crippen molar-refractivity contribution >= 4 is 47.0 Å². The van der Waals surface area contributed by atoms with Crippen molar-refractivity contribution in [2.45, 2.75) is 44.6 Å². The van der Waals surface area contributed by atoms with Crippen LogP contribution in [-0.4, -0.2) is 222 Å². The number of anilines is 1. The van der Waals surface area contributed by atoms with E-state index in [2.05, 4.69) is 10.6 Å². The molecule has 2 N–H and O–H groups in total. The van der Waals surface area contributed by atoms with E-state index in [1.165, 1.54) is 18.2 Å². The molecule has 3 heterocycles. The van der Waals surface area contributed by atoms with Gasteiger partial charge >= 0.3 is 0 Å². The Morgan fingerprint density at radius 1 is 0.514 bits per heavy atom. The van der Waals surface area contributed by atoms with Gasteiger partial charge < -0.3 is 62.2 Å². The molecule has 1 unspecified atom stereocenters. The van der Waals surface area contributed by atoms with Crippen molar-refractivity contribution in [2.75, 3.05) is 170 Å². The molecule has 1 aromatic rings. The number of ether oxygens (including phenoxy) is 12. The number of unbranched alkanes of at least 4 members (excludes halogenated alkanes) is 2. The second-order valence-electron chi connectivity index (χ2n) is 15.5. The summed E-state index contributed by atoms with van der Waals surface area (Å²) < 4.78 is 65.8. The van der Waals surface area contributed by atoms with Gasteiger partial charge in [0, 0.05) is 31.6 Å². The average Bonchev–Trinajstić information content (AvgIpc) is 3.80. The first kappa shape index (κ1) is 57.9. The van der Waals surface area contributed by atoms with Crippen LogP contribution in [-0.2, 0) is 80.8 Å². The molecule has 3 aliphatic heterocycles. The fraction of sp³-hybridized carbons (Fsp3) is 0.681. The quantitative estimate of drug-likeness (QED) is 0.0674. The maximum absolute atomic E-state index is 13.2. The first-order valence-corrected chi connectivity index (χ1v) is 23.9. The number of benzene rings is 1. The number of imide groups is 3. The van der Waals surface area contributed by atoms with Crippen molar-refractivity contribution in [3.05, 3.63) is 41.5 Å². The molecule has 392 valence electrons. The van der Waals surface area contributed by atoms with E-state index in [0.29, 0.717) is 158 Å². The minimum absolute atomic E-state index is 0.0226. The van der Waals surface area contributed by atoms with E-state index < -0.39 is 29.7 Å². The fourth-order valence-electron chi connectivity index (χ4n) is 6.83. The summed E-state index contributed by atoms with van der Waals surface area (Å²) in [4.78, 5) is 87.6. The van der Waals surface area contributed by atoms with Crippen LogP contribution in [0.2, 0.25) is 0 Å². The second kappa shape index (κ2) is 36.3. The smallest absolute Gasteiger partial charge is 0.264 e. The largest absolute Gasteiger partial charge is 0.379 e. The fourth-order valence-corrected chi connectivity index (χ4v) is 6.83. The van der Waals surface area contributed by atoms with E-state index in [1.807, 2.05) is 0 Å². The maximum Gasteiger partial charge on any atom is 0.264 e. The van der Waals surface area contributed by atoms with Crippen molar-refractivity contribution in [3.63, 3.8) is 0 Å². The van der Waals surface area contributed by atoms with E-state index in [9.17, 15) is 33.6 Å². The van der Waals surface area contributed by atoms with Gasteiger partial charge in [-0.05, 0) is 31.4 Å². The highest BCUT2D eigenvalue weighted by atomic mass is 16.6. The molecular formula is C47H70N4O19. The van der Waals surface area contributed by atoms with Gasteiger partial charge in [0.25, 0.3) is 23.6 Å². The summed E-state index contributed by atoms with van der Waals surface area (Å²) in [6.45, 7) is 10.7. The first-order chi connectivity index (χ1) is 34.3. The molecule has 1 aromatic carbocycles. The summed E-state index contributed by atoms with van der Waals surface area (Å²) in [5.41, 5.74) is 0.364. The summed E-state index contributed by atoms with van der Waals surface area (Å²) in [7, 11) is 0. The molecule has 0 bridgehead atoms. The monoisotopic (exact) mass is 994 g/mol. The lowest BCUT2D eigenvalue weighted by atomic mass is 10.0. The van der Waals surface area contributed by atoms with Crippen molar-refractivity contribution < 1.29 is 90.4 Å². The molecule has 0 aromatic heterocycles. The summed E-state index contributed by atoms with van der Waals surface area (Å²) in [5.74, 6) is -3.38. The molecule has 0 saturated carbocycles. The van der Waals surface area contributed by atoms with Crippen LogP contribution in [0.5, 0.6) is 0 Å². The Labute approximate surface area is 408 Å². The average molecular weight is 995 g/mol. The van der Waals surface area contributed by atoms with Gasteiger partial charge in [-0.2, -0.15) is 0 Å². The molecule has 23 heteroatoms. The summed E-state index contributed by atoms with van der Waals surface area (Å²) in [6, 6.07) is 3.51. The lowest BCUT2D eigenvalue weighted by Crippen LogP contribution is -2.54. The van der Waals surface area contributed by atoms with Crippen LogP contribution in [0.1, 0.15) is 59.2 Å². The predicted octanol–water partition coefficient (Wildman–Crippen LogP) is 0.711. The summed E-state index contributed by atoms with van der Waals surface area (Å²) in [6.07, 6.45) is 4.90. The van der Waals surface area contributed by atoms with E-state index >= 15 is 0 Å². The van der Waals surface area contributed by atoms with Gasteiger partial charge in [-0.25, -0.2) is 0 Å². The minimum Gasteiger partial charge on any atom is -0.379 e. The van der Waals surface area contributed by atoms with E-state index in [1.54, 1.807) is 12.1 Å². The van der Waals surface area contributed by atoms with Crippen LogP contribution < -0.4 is 10.6 Å². The van der Waals surface area contributed by atoms with E-state index in [4.69, 9.17) is 56.8 Å². The molecule has 4 rings (SSSR count). The van der Waals surface area contributed by atoms with Crippen LogP contribution in [0, 0.1) is 0 Å². The number of piperidine rings is 1. The molecule has 0 aliphatic carbocycles. The van der Waals surface area contributed by atoms with Gasteiger partial charge in [0.1, 0.15) is 6.04 Å². The van der Waals surface area contributed by atoms with Crippen molar-refractivity contribution in [1.29, 1.82) is 0 Å². The number of hydrogen-bond donors (Lipinski definition) is 2. The standard InChI is InChI=1S/C47H70N4O19/c52-40(48-38-6-4-5-37-44(38)47(58)51(46(37)57)39-8-9-41(53)49-45(39)56)7-2-1-3-13-59-15-17-61-19-21-63-23-25-65-27-29-67-31-33-69-35-36-70-34-32-68-30-28-66-26-24-64-22-20-62-18-16-60-14-12-50-42(54)10-11-43(50)55/h4-6,10-11,39H,1-3,7-9,12-36H2,(H,48,52)(H,49,53,56). The Bertz CT molecular complexity index is 1770. The predicted molar refractivity (Wildman–Crippen MR) is 246 cm³/mol. The third-order valence-corrected chi connectivity index (χ3v) is 10.4. The molecule has 23 nitrogen and oxygen atoms in total. The number of carbonyl (C=O) groups excluding carboxylic acids is 7. The molecule has 0 radical (unpaired) electrons. The van der Waals surface area contributed by atoms with Gasteiger partial charge in [-0.3, -0.25) is 48.7 Å². The molecule has 7 amide bonds. The molecule has 0 spiro atoms. The molecule has 1 fully saturated rings. The molecule has 3 aliphatic rings. The van der Waals surface area contributed by atoms with Crippen LogP contribution in [0.3, 0.4) is 0 Å². The molecule has 1 atom stereocenters. The van der Waals surface area contributed by atoms with Crippen molar-refractivity contribution in [1.82, 2.24) is 15.1 Å². The van der Waals surface area contributed by atoms with Crippen LogP contribution in [0.25, 0.3) is 0 Å². The number of amides is 7. The number of nitrogens with one attached hydrogen (secondary N) is 2. The van der Waals surface area contributed by atoms with Gasteiger partial charge in [0.05, 0.1) is 175 Å². The highest BCUT2D eigenvalue weighted by Gasteiger charge is 2.45. The third-order valence-electron chi connectivity index (χ3n) is 10.4. The Hall–Kier alpha value is -4.63. The van der Waals surface area contributed by atoms with Gasteiger partial charge in [0.15, 0.2) is 0 Å². The van der Waals surface area contributed by atoms with Crippen molar-refractivity contribution in [2.24, 2.45) is 0 Å². The number of rotatable bonds is 44. The van der Waals surface area contributed by atoms with Crippen LogP contribution >= 0.6 is 0 Å². The van der Waals surface area contributed by atoms with Gasteiger partial charge in [-0.1, -0.05) is 12.5 Å². The SMILES string of the molecule is O=C1CCC(N2C(=O)c3cccc(NC(=O)CCCCCOCCOCCOCCOCCOCCOCCOCCOCCOCCOCCOCCOCCN4C(=O)C=CC4=O)c3C2=O)C(=O)N1. The minimum atomic E-state index is -1.08. The Balaban J connectivity index is 0.784. The summed E-state index contributed by atoms with van der Waals surface area (Å²) in [5, 5.41) is 4.90. The second-order valence-corrected chi connectivity index (χ2v) is 15.5. The van der Waals surface area contributed by atoms with Gasteiger partial charge in [-0.15, -0.1) is 0 Å². The molecular weight excluding hydrogens is 925 g/mol. The normalized spacial score (nSPS) is 15.7. The first-order valence-electron chi connectivity index (χ1n) is 23.9. The third kappa shape index (κ3) is 23.1. The van der Waals surface area contributed by atoms with Crippen molar-refractivity contribution in [3.8, 4) is 0 Å². The highest BCUT2D eigenvalue weighted by molar-refractivity contribution is 6.26. The zero-order valence-electron chi connectivity index (χ0n) is 40.0. The zero-order chi connectivity index (χ0) is 49.9. The van der Waals surface area contributed by atoms with E-state index in [-0.39, 0.29) is 66.9 Å². The number of nitrogens with zero attached hydrogens (tertiary/aromatic N) is 2. The lowest BCUT2D eigenvalue weighted by molar-refractivity contribution is -0.138. The molecule has 1 saturated heterocycles. The van der Waals surface area contributed by atoms with Crippen LogP contribution in [0.4, 0.5) is 5.69 Å². The lowest BCUT2D eigenvalue weighted by Gasteiger charge is -2.27. The highest BCUT2D eigenvalue weighted by Crippen LogP contribution is 2.32. The Morgan fingerprint density at radius 2 is 0.929 bits per heavy atom. The number of fused-ring (bicyclic) bond motifs is 1. The maximum atomic E-state index is 13.2. The topological polar surface area (TPSA) is 261 Å². The molecule has 70 heavy (non-hydrogen) atoms. The Kier molecular flexibility index (Phi) is 30.1. The Morgan fingerprint density at radius 3 is 1.36 bits per heavy atom. The number of carbonyl (C=O) groups is 7.